The molecule has 1 aliphatic heterocycles. The van der Waals surface area contributed by atoms with Crippen LogP contribution in [0, 0.1) is 0 Å². The Morgan fingerprint density at radius 1 is 1.44 bits per heavy atom. The molecule has 0 N–H and O–H groups in total. The molecule has 0 unspecified atom stereocenters. The van der Waals surface area contributed by atoms with Crippen molar-refractivity contribution in [1.29, 1.82) is 0 Å². The third-order valence-corrected chi connectivity index (χ3v) is 0.889. The molecule has 0 radical (unpaired) electrons. The van der Waals surface area contributed by atoms with Crippen LogP contribution in [-0.2, 0) is 9.59 Å². The molecule has 0 fully saturated rings. The molecule has 44 valence electrons. The van der Waals surface area contributed by atoms with E-state index in [9.17, 15) is 9.59 Å². The minimum absolute atomic E-state index is 0. The van der Waals surface area contributed by atoms with Crippen molar-refractivity contribution in [3.8, 4) is 0 Å². The Labute approximate surface area is 46.4 Å². The standard InChI is InChI=1S/C5H5NO2.Rf/c1-3-2-4(7)6-5(3)8;/h2H,1H3,(H,6,7,8);/p-1. The minimum atomic E-state index is -0.437. The van der Waals surface area contributed by atoms with Gasteiger partial charge in [-0.3, -0.25) is 0 Å². The number of carbonyl (C=O) groups is 2. The minimum Gasteiger partial charge on any atom is -0.588 e. The third-order valence-electron chi connectivity index (χ3n) is 0.889. The summed E-state index contributed by atoms with van der Waals surface area (Å²) < 4.78 is 0. The maximum Gasteiger partial charge on any atom is 0.0833 e. The molecule has 1 heterocycles. The van der Waals surface area contributed by atoms with Crippen molar-refractivity contribution in [2.75, 3.05) is 0 Å². The summed E-state index contributed by atoms with van der Waals surface area (Å²) in [5.74, 6) is -0.845. The van der Waals surface area contributed by atoms with Crippen LogP contribution in [0.4, 0.5) is 0 Å². The molecule has 0 atom stereocenters. The van der Waals surface area contributed by atoms with Gasteiger partial charge in [-0.15, -0.1) is 0 Å². The monoisotopic (exact) mass is 377 g/mol. The Kier molecular flexibility index (Phi) is 1.36. The fourth-order valence-electron chi connectivity index (χ4n) is 0.467. The number of amides is 2. The zero-order valence-electron chi connectivity index (χ0n) is 5.05. The molecule has 0 aliphatic carbocycles. The average molecular weight is 377 g/mol. The van der Waals surface area contributed by atoms with Crippen molar-refractivity contribution in [3.05, 3.63) is 17.0 Å². The molecule has 3 nitrogen and oxygen atoms in total. The first kappa shape index (κ1) is 6.88. The molecular formula is C5H4NO2Rf-. The fourth-order valence-corrected chi connectivity index (χ4v) is 0.467. The number of carbonyl (C=O) groups excluding carboxylic acids is 2. The van der Waals surface area contributed by atoms with Gasteiger partial charge in [0.05, 0.1) is 11.8 Å². The van der Waals surface area contributed by atoms with E-state index in [4.69, 9.17) is 0 Å². The van der Waals surface area contributed by atoms with Crippen molar-refractivity contribution in [2.45, 2.75) is 6.92 Å². The Morgan fingerprint density at radius 3 is 2.11 bits per heavy atom. The van der Waals surface area contributed by atoms with E-state index in [0.717, 1.165) is 0 Å². The average Bonchev–Trinajstić information content (AvgIpc) is 1.85. The molecule has 0 aromatic heterocycles. The van der Waals surface area contributed by atoms with E-state index in [1.54, 1.807) is 6.92 Å². The van der Waals surface area contributed by atoms with E-state index in [2.05, 4.69) is 5.32 Å². The molecular weight excluding hydrogens is 373 g/mol. The summed E-state index contributed by atoms with van der Waals surface area (Å²) >= 11 is 0. The van der Waals surface area contributed by atoms with Crippen LogP contribution in [-0.4, -0.2) is 11.8 Å². The van der Waals surface area contributed by atoms with Gasteiger partial charge < -0.3 is 14.9 Å². The maximum absolute atomic E-state index is 10.3. The van der Waals surface area contributed by atoms with Crippen molar-refractivity contribution in [2.24, 2.45) is 0 Å². The molecule has 1 rings (SSSR count). The van der Waals surface area contributed by atoms with E-state index >= 15 is 0 Å². The number of rotatable bonds is 0. The van der Waals surface area contributed by atoms with Crippen molar-refractivity contribution < 1.29 is 9.59 Å². The smallest absolute Gasteiger partial charge is 0.0833 e. The first-order valence-corrected chi connectivity index (χ1v) is 2.18. The van der Waals surface area contributed by atoms with E-state index in [1.165, 1.54) is 6.08 Å². The summed E-state index contributed by atoms with van der Waals surface area (Å²) in [7, 11) is 0. The number of imide groups is 1. The van der Waals surface area contributed by atoms with Gasteiger partial charge in [-0.25, -0.2) is 0 Å². The molecule has 4 heteroatoms. The normalized spacial score (nSPS) is 16.3. The zero-order valence-corrected chi connectivity index (χ0v) is 11.4. The summed E-state index contributed by atoms with van der Waals surface area (Å²) in [6.45, 7) is 1.57. The van der Waals surface area contributed by atoms with Crippen LogP contribution in [0.1, 0.15) is 6.92 Å². The summed E-state index contributed by atoms with van der Waals surface area (Å²) in [6.07, 6.45) is 1.22. The van der Waals surface area contributed by atoms with Crippen LogP contribution in [0.25, 0.3) is 5.32 Å². The molecule has 0 aromatic carbocycles. The molecule has 0 aromatic rings. The Morgan fingerprint density at radius 2 is 2.00 bits per heavy atom. The van der Waals surface area contributed by atoms with Crippen molar-refractivity contribution in [3.63, 3.8) is 0 Å². The van der Waals surface area contributed by atoms with Gasteiger partial charge in [0.2, 0.25) is 0 Å². The molecule has 2 amide bonds. The van der Waals surface area contributed by atoms with Gasteiger partial charge in [-0.05, 0) is 18.6 Å². The zero-order chi connectivity index (χ0) is 6.15. The second-order valence-electron chi connectivity index (χ2n) is 1.58. The van der Waals surface area contributed by atoms with Gasteiger partial charge in [-0.1, -0.05) is 0 Å². The van der Waals surface area contributed by atoms with Gasteiger partial charge in [0.1, 0.15) is 0 Å². The Bertz CT molecular complexity index is 185. The van der Waals surface area contributed by atoms with E-state index < -0.39 is 11.8 Å². The van der Waals surface area contributed by atoms with E-state index in [-0.39, 0.29) is 0 Å². The summed E-state index contributed by atoms with van der Waals surface area (Å²) in [5.41, 5.74) is 0.426. The Balaban J connectivity index is 0.000000640. The SMILES string of the molecule is CC1=CC(=O)[N-]C1=O.[Rf]. The second-order valence-corrected chi connectivity index (χ2v) is 1.58. The number of nitrogens with zero attached hydrogens (tertiary/aromatic N) is 1. The van der Waals surface area contributed by atoms with Crippen LogP contribution in [0.5, 0.6) is 0 Å². The summed E-state index contributed by atoms with van der Waals surface area (Å²) in [6, 6.07) is 0. The van der Waals surface area contributed by atoms with Crippen molar-refractivity contribution in [1.82, 2.24) is 0 Å². The summed E-state index contributed by atoms with van der Waals surface area (Å²) in [5, 5.41) is 3.10. The molecule has 1 aliphatic rings. The van der Waals surface area contributed by atoms with Crippen LogP contribution in [0.2, 0.25) is 0 Å². The van der Waals surface area contributed by atoms with Gasteiger partial charge >= 0.3 is 0 Å². The van der Waals surface area contributed by atoms with Crippen LogP contribution >= 0.6 is 0 Å². The van der Waals surface area contributed by atoms with Crippen LogP contribution < -0.4 is 0 Å². The quantitative estimate of drug-likeness (QED) is 0.573. The van der Waals surface area contributed by atoms with Crippen LogP contribution in [0.3, 0.4) is 0 Å². The second kappa shape index (κ2) is 1.78. The van der Waals surface area contributed by atoms with Gasteiger partial charge in [0, 0.05) is 0 Å². The van der Waals surface area contributed by atoms with E-state index in [1.807, 2.05) is 0 Å². The predicted molar refractivity (Wildman–Crippen MR) is 27.1 cm³/mol. The topological polar surface area (TPSA) is 48.2 Å². The molecule has 9 heavy (non-hydrogen) atoms. The summed E-state index contributed by atoms with van der Waals surface area (Å²) in [4.78, 5) is 20.5. The first-order valence-electron chi connectivity index (χ1n) is 2.18. The predicted octanol–water partition coefficient (Wildman–Crippen LogP) is 0.373. The molecule has 0 saturated heterocycles. The van der Waals surface area contributed by atoms with E-state index in [0.29, 0.717) is 5.57 Å². The van der Waals surface area contributed by atoms with Crippen LogP contribution in [0.15, 0.2) is 11.6 Å². The van der Waals surface area contributed by atoms with Crippen molar-refractivity contribution >= 4 is 11.8 Å². The third kappa shape index (κ3) is 0.907. The molecule has 0 saturated carbocycles. The number of hydrogen-bond donors (Lipinski definition) is 0. The van der Waals surface area contributed by atoms with Gasteiger partial charge in [0.15, 0.2) is 0 Å². The number of hydrogen-bond acceptors (Lipinski definition) is 2. The Hall–Kier alpha value is -2.12. The van der Waals surface area contributed by atoms with Gasteiger partial charge in [-0.2, -0.15) is 0 Å². The van der Waals surface area contributed by atoms with Gasteiger partial charge in [0.25, 0.3) is 0 Å². The largest absolute Gasteiger partial charge is 0.588 e. The maximum atomic E-state index is 10.3. The molecule has 0 bridgehead atoms. The fraction of sp³-hybridized carbons (Fsp3) is 0.200. The molecule has 0 spiro atoms. The first-order chi connectivity index (χ1) is 3.70.